The molecule has 0 amide bonds. The molecular formula is C129H144Cl4N5Ru2-3. The van der Waals surface area contributed by atoms with Gasteiger partial charge in [-0.25, -0.2) is 19.6 Å². The van der Waals surface area contributed by atoms with Gasteiger partial charge in [-0.05, 0) is 155 Å². The Balaban J connectivity index is 0.000000142. The van der Waals surface area contributed by atoms with Gasteiger partial charge >= 0.3 is 289 Å². The van der Waals surface area contributed by atoms with Crippen LogP contribution in [-0.4, -0.2) is 35.1 Å². The van der Waals surface area contributed by atoms with Crippen LogP contribution >= 0.6 is 38.8 Å². The fraction of sp³-hybridized carbons (Fsp3) is 0.279. The van der Waals surface area contributed by atoms with Gasteiger partial charge in [-0.1, -0.05) is 322 Å². The third-order valence-corrected chi connectivity index (χ3v) is 32.7. The Morgan fingerprint density at radius 2 is 0.543 bits per heavy atom. The molecule has 0 radical (unpaired) electrons. The Hall–Kier alpha value is -9.97. The summed E-state index contributed by atoms with van der Waals surface area (Å²) in [4.78, 5) is 12.6. The first-order valence-corrected chi connectivity index (χ1v) is 60.8. The number of para-hydroxylation sites is 3. The molecule has 14 aromatic rings. The van der Waals surface area contributed by atoms with Crippen molar-refractivity contribution >= 4 is 76.2 Å². The molecule has 3 heterocycles. The van der Waals surface area contributed by atoms with Crippen molar-refractivity contribution in [2.24, 2.45) is 0 Å². The number of benzene rings is 14. The second kappa shape index (κ2) is 50.8. The summed E-state index contributed by atoms with van der Waals surface area (Å²) in [6.45, 7) is 51.8. The van der Waals surface area contributed by atoms with Gasteiger partial charge in [0, 0.05) is 53.3 Å². The third kappa shape index (κ3) is 27.9. The Morgan fingerprint density at radius 1 is 0.293 bits per heavy atom. The molecule has 732 valence electrons. The predicted octanol–water partition coefficient (Wildman–Crippen LogP) is 33.8. The number of nitrogens with zero attached hydrogens (tertiary/aromatic N) is 5. The fourth-order valence-corrected chi connectivity index (χ4v) is 25.6. The molecule has 0 N–H and O–H groups in total. The summed E-state index contributed by atoms with van der Waals surface area (Å²) in [5.74, 6) is 0. The van der Waals surface area contributed by atoms with Crippen LogP contribution in [-0.2, 0) is 121 Å². The molecule has 1 aliphatic carbocycles. The zero-order chi connectivity index (χ0) is 99.5. The predicted molar refractivity (Wildman–Crippen MR) is 601 cm³/mol. The molecule has 3 atom stereocenters. The number of fused-ring (bicyclic) bond motifs is 1. The van der Waals surface area contributed by atoms with E-state index in [9.17, 15) is 0 Å². The SMILES string of the molecule is C=Cc1ccccc1CN(Cc1ccccc1)Cc1ccccc1.CCc1cccc(CC)c1N1[CH-]C(C)(c2ccccc2)CC1(C)C.CCc1cccc(CC)c1N1[CH-]C(C)(c2ccccc2)CC1(C)C.CCc1cccc(CC)c1N1[CH-]C(C)(c2ccccc2)CC1(C)C.[Cl][Ru]([Cl])=[CH]c1ccccc1CN(Cc1ccccc1)Cc1ccccc1.[Cl][Ru]([Cl])=[C]1C=C(c2ccccc2)c2ccccc21. The minimum atomic E-state index is -1.88. The van der Waals surface area contributed by atoms with E-state index >= 15 is 0 Å². The number of halogens is 4. The van der Waals surface area contributed by atoms with Crippen LogP contribution in [0.3, 0.4) is 0 Å². The minimum absolute atomic E-state index is 0.0800. The second-order valence-corrected chi connectivity index (χ2v) is 51.4. The summed E-state index contributed by atoms with van der Waals surface area (Å²) in [6.07, 6.45) is 13.9. The van der Waals surface area contributed by atoms with E-state index in [0.29, 0.717) is 0 Å². The van der Waals surface area contributed by atoms with Crippen LogP contribution in [0.15, 0.2) is 383 Å². The molecule has 140 heavy (non-hydrogen) atoms. The molecule has 0 aromatic heterocycles. The summed E-state index contributed by atoms with van der Waals surface area (Å²) in [6, 6.07) is 131. The van der Waals surface area contributed by atoms with Crippen molar-refractivity contribution in [3.63, 3.8) is 0 Å². The fourth-order valence-electron chi connectivity index (χ4n) is 21.2. The molecular weight excluding hydrogens is 1960 g/mol. The first kappa shape index (κ1) is 107. The molecule has 4 aliphatic rings. The molecule has 0 bridgehead atoms. The summed E-state index contributed by atoms with van der Waals surface area (Å²) in [7, 11) is 24.6. The van der Waals surface area contributed by atoms with Gasteiger partial charge in [0.05, 0.1) is 0 Å². The number of rotatable bonds is 27. The van der Waals surface area contributed by atoms with Crippen LogP contribution in [0.5, 0.6) is 0 Å². The topological polar surface area (TPSA) is 16.2 Å². The average Bonchev–Trinajstić information content (AvgIpc) is 1.60. The molecule has 14 aromatic carbocycles. The number of aryl methyl sites for hydroxylation is 6. The summed E-state index contributed by atoms with van der Waals surface area (Å²) < 4.78 is 3.16. The van der Waals surface area contributed by atoms with Crippen LogP contribution in [0.25, 0.3) is 11.6 Å². The van der Waals surface area contributed by atoms with E-state index < -0.39 is 27.0 Å². The van der Waals surface area contributed by atoms with Crippen LogP contribution in [0.2, 0.25) is 0 Å². The van der Waals surface area contributed by atoms with E-state index in [4.69, 9.17) is 38.8 Å². The van der Waals surface area contributed by atoms with E-state index in [1.54, 1.807) is 0 Å². The molecule has 18 rings (SSSR count). The zero-order valence-electron chi connectivity index (χ0n) is 85.0. The second-order valence-electron chi connectivity index (χ2n) is 39.8. The summed E-state index contributed by atoms with van der Waals surface area (Å²) in [5, 5.41) is 0. The van der Waals surface area contributed by atoms with Gasteiger partial charge in [-0.3, -0.25) is 4.90 Å². The van der Waals surface area contributed by atoms with Gasteiger partial charge < -0.3 is 14.7 Å². The van der Waals surface area contributed by atoms with Gasteiger partial charge in [0.15, 0.2) is 0 Å². The van der Waals surface area contributed by atoms with Crippen molar-refractivity contribution in [1.29, 1.82) is 0 Å². The Morgan fingerprint density at radius 3 is 0.829 bits per heavy atom. The van der Waals surface area contributed by atoms with Crippen LogP contribution in [0.4, 0.5) is 17.1 Å². The Labute approximate surface area is 867 Å². The number of anilines is 3. The maximum absolute atomic E-state index is 6.19. The van der Waals surface area contributed by atoms with Crippen molar-refractivity contribution in [3.05, 3.63) is 514 Å². The molecule has 0 saturated carbocycles. The van der Waals surface area contributed by atoms with E-state index in [1.165, 1.54) is 128 Å². The molecule has 11 heteroatoms. The quantitative estimate of drug-likeness (QED) is 0.0376. The standard InChI is InChI=1S/3C23H30N.C23H23N.C22H21N.C15H10.4ClH.2Ru/c3*1-6-18-12-11-13-19(7-2)21(18)24-17-23(5,16-22(24,3)4)20-14-9-8-10-15-20;1-2-22-15-9-10-16-23(22)19-24(17-20-11-5-3-6-12-20)18-21-13-7-4-8-14-21;1-19-10-8-9-15-22(19)18-23(16-20-11-4-2-5-12-20)17-21-13-6-3-7-14-21;1-2-6-12(7-3-1)15-11-10-13-8-4-5-9-14(13)15;;;;;;/h3*8-15,17H,6-7,16H2,1-5H3;2-16H,1,17-19H2;1-15H,16-18H2;1-9,11H;4*1H;;/q3*-1;;;;;;;;2*+2/p-4. The van der Waals surface area contributed by atoms with Crippen molar-refractivity contribution in [3.8, 4) is 0 Å². The molecule has 3 aliphatic heterocycles. The Kier molecular flexibility index (Phi) is 38.9. The Bertz CT molecular complexity index is 5940. The van der Waals surface area contributed by atoms with E-state index in [1.807, 2.05) is 41.0 Å². The molecule has 3 fully saturated rings. The van der Waals surface area contributed by atoms with Crippen LogP contribution in [0.1, 0.15) is 234 Å². The van der Waals surface area contributed by atoms with Gasteiger partial charge in [0.1, 0.15) is 0 Å². The van der Waals surface area contributed by atoms with Crippen LogP contribution < -0.4 is 14.7 Å². The van der Waals surface area contributed by atoms with Crippen molar-refractivity contribution < 1.29 is 27.0 Å². The van der Waals surface area contributed by atoms with E-state index in [2.05, 4.69) is 500 Å². The summed E-state index contributed by atoms with van der Waals surface area (Å²) in [5.41, 5.74) is 33.0. The average molecular weight is 2110 g/mol. The van der Waals surface area contributed by atoms with E-state index in [0.717, 1.165) is 107 Å². The normalized spacial score (nSPS) is 17.5. The monoisotopic (exact) mass is 2110 g/mol. The number of allylic oxidation sites excluding steroid dienone is 1. The van der Waals surface area contributed by atoms with Gasteiger partial charge in [0.25, 0.3) is 0 Å². The molecule has 0 spiro atoms. The first-order valence-electron chi connectivity index (χ1n) is 50.0. The van der Waals surface area contributed by atoms with Crippen molar-refractivity contribution in [2.45, 2.75) is 234 Å². The molecule has 3 saturated heterocycles. The van der Waals surface area contributed by atoms with Crippen molar-refractivity contribution in [2.75, 3.05) is 14.7 Å². The number of hydrogen-bond donors (Lipinski definition) is 0. The maximum atomic E-state index is 6.19. The molecule has 3 unspecified atom stereocenters. The van der Waals surface area contributed by atoms with E-state index in [-0.39, 0.29) is 32.9 Å². The first-order chi connectivity index (χ1) is 67.6. The van der Waals surface area contributed by atoms with Crippen molar-refractivity contribution in [1.82, 2.24) is 9.80 Å². The summed E-state index contributed by atoms with van der Waals surface area (Å²) >= 11 is -3.73. The van der Waals surface area contributed by atoms with Gasteiger partial charge in [0.2, 0.25) is 0 Å². The van der Waals surface area contributed by atoms with Gasteiger partial charge in [-0.15, -0.1) is 16.2 Å². The number of hydrogen-bond acceptors (Lipinski definition) is 5. The van der Waals surface area contributed by atoms with Crippen LogP contribution in [0, 0.1) is 19.6 Å². The van der Waals surface area contributed by atoms with Gasteiger partial charge in [-0.2, -0.15) is 0 Å². The molecule has 5 nitrogen and oxygen atoms in total. The zero-order valence-corrected chi connectivity index (χ0v) is 91.5. The third-order valence-electron chi connectivity index (χ3n) is 27.8.